The van der Waals surface area contributed by atoms with Crippen molar-refractivity contribution in [3.63, 3.8) is 0 Å². The Kier molecular flexibility index (Phi) is 7.37. The topological polar surface area (TPSA) is 35.9 Å². The summed E-state index contributed by atoms with van der Waals surface area (Å²) in [5.41, 5.74) is 2.17. The molecule has 4 nitrogen and oxygen atoms in total. The summed E-state index contributed by atoms with van der Waals surface area (Å²) < 4.78 is 18.8. The van der Waals surface area contributed by atoms with Gasteiger partial charge in [-0.15, -0.1) is 11.8 Å². The molecule has 5 heteroatoms. The summed E-state index contributed by atoms with van der Waals surface area (Å²) >= 11 is 0. The van der Waals surface area contributed by atoms with Crippen LogP contribution in [0.2, 0.25) is 0 Å². The number of aromatic hydroxyl groups is 1. The molecule has 0 spiro atoms. The molecule has 1 N–H and O–H groups in total. The first-order chi connectivity index (χ1) is 14.1. The summed E-state index contributed by atoms with van der Waals surface area (Å²) in [7, 11) is 1.58. The van der Waals surface area contributed by atoms with Crippen LogP contribution in [0.5, 0.6) is 11.5 Å². The van der Waals surface area contributed by atoms with E-state index in [0.29, 0.717) is 17.4 Å². The van der Waals surface area contributed by atoms with Gasteiger partial charge in [-0.3, -0.25) is 4.90 Å². The van der Waals surface area contributed by atoms with Gasteiger partial charge in [0.2, 0.25) is 0 Å². The number of rotatable bonds is 7. The largest absolute Gasteiger partial charge is 0.508 e. The van der Waals surface area contributed by atoms with E-state index in [2.05, 4.69) is 21.6 Å². The number of phenolic OH excluding ortho intramolecular Hbond substituents is 1. The third kappa shape index (κ3) is 5.65. The minimum Gasteiger partial charge on any atom is -0.508 e. The number of halogens is 1. The lowest BCUT2D eigenvalue weighted by molar-refractivity contribution is 0.247. The molecule has 0 amide bonds. The molecule has 0 saturated carbocycles. The number of methoxy groups -OCH3 is 1. The molecule has 0 aromatic heterocycles. The highest BCUT2D eigenvalue weighted by atomic mass is 19.1. The maximum atomic E-state index is 13.5. The van der Waals surface area contributed by atoms with Gasteiger partial charge in [-0.25, -0.2) is 4.39 Å². The average Bonchev–Trinajstić information content (AvgIpc) is 2.75. The van der Waals surface area contributed by atoms with E-state index >= 15 is 0 Å². The molecule has 1 saturated heterocycles. The molecule has 154 valence electrons. The lowest BCUT2D eigenvalue weighted by atomic mass is 9.92. The van der Waals surface area contributed by atoms with Crippen LogP contribution in [0, 0.1) is 17.7 Å². The Morgan fingerprint density at radius 1 is 1.10 bits per heavy atom. The third-order valence-corrected chi connectivity index (χ3v) is 5.54. The number of benzene rings is 2. The van der Waals surface area contributed by atoms with Crippen molar-refractivity contribution >= 4 is 5.69 Å². The molecule has 1 fully saturated rings. The van der Waals surface area contributed by atoms with E-state index in [0.717, 1.165) is 51.3 Å². The molecule has 0 radical (unpaired) electrons. The molecular weight excluding hydrogens is 367 g/mol. The van der Waals surface area contributed by atoms with Gasteiger partial charge >= 0.3 is 0 Å². The van der Waals surface area contributed by atoms with Crippen LogP contribution in [-0.2, 0) is 0 Å². The molecule has 29 heavy (non-hydrogen) atoms. The maximum Gasteiger partial charge on any atom is 0.145 e. The van der Waals surface area contributed by atoms with Crippen molar-refractivity contribution in [3.8, 4) is 23.3 Å². The first-order valence-corrected chi connectivity index (χ1v) is 10.1. The van der Waals surface area contributed by atoms with Crippen LogP contribution in [0.1, 0.15) is 31.2 Å². The molecule has 1 aliphatic heterocycles. The average molecular weight is 397 g/mol. The minimum absolute atomic E-state index is 0.278. The van der Waals surface area contributed by atoms with E-state index in [4.69, 9.17) is 4.74 Å². The highest BCUT2D eigenvalue weighted by molar-refractivity contribution is 5.59. The SMILES string of the molecule is CC#CCC(CCN1CCN(c2ccc(F)cc2OC)CC1)c1ccc(O)cc1. The van der Waals surface area contributed by atoms with Gasteiger partial charge in [-0.2, -0.15) is 0 Å². The molecule has 2 aromatic carbocycles. The molecule has 1 heterocycles. The molecular formula is C24H29FN2O2. The number of piperazine rings is 1. The predicted molar refractivity (Wildman–Crippen MR) is 115 cm³/mol. The van der Waals surface area contributed by atoms with E-state index in [9.17, 15) is 9.50 Å². The highest BCUT2D eigenvalue weighted by Gasteiger charge is 2.21. The van der Waals surface area contributed by atoms with Gasteiger partial charge in [-0.05, 0) is 55.6 Å². The zero-order valence-electron chi connectivity index (χ0n) is 17.2. The Morgan fingerprint density at radius 2 is 1.83 bits per heavy atom. The van der Waals surface area contributed by atoms with Crippen molar-refractivity contribution in [1.29, 1.82) is 0 Å². The zero-order valence-corrected chi connectivity index (χ0v) is 17.2. The lowest BCUT2D eigenvalue weighted by Gasteiger charge is -2.37. The Bertz CT molecular complexity index is 849. The molecule has 0 aliphatic carbocycles. The first-order valence-electron chi connectivity index (χ1n) is 10.1. The smallest absolute Gasteiger partial charge is 0.145 e. The summed E-state index contributed by atoms with van der Waals surface area (Å²) in [6, 6.07) is 12.2. The second kappa shape index (κ2) is 10.2. The van der Waals surface area contributed by atoms with Crippen molar-refractivity contribution in [3.05, 3.63) is 53.8 Å². The fourth-order valence-electron chi connectivity index (χ4n) is 3.82. The van der Waals surface area contributed by atoms with Crippen molar-refractivity contribution in [2.75, 3.05) is 44.7 Å². The van der Waals surface area contributed by atoms with Crippen molar-refractivity contribution in [2.45, 2.75) is 25.7 Å². The molecule has 1 atom stereocenters. The van der Waals surface area contributed by atoms with Gasteiger partial charge in [-0.1, -0.05) is 12.1 Å². The number of hydrogen-bond donors (Lipinski definition) is 1. The standard InChI is InChI=1S/C24H29FN2O2/c1-3-4-5-19(20-6-9-22(28)10-7-20)12-13-26-14-16-27(17-15-26)23-11-8-21(25)18-24(23)29-2/h6-11,18-19,28H,5,12-17H2,1-2H3. The minimum atomic E-state index is -0.278. The Morgan fingerprint density at radius 3 is 2.48 bits per heavy atom. The van der Waals surface area contributed by atoms with Crippen LogP contribution >= 0.6 is 0 Å². The number of ether oxygens (including phenoxy) is 1. The van der Waals surface area contributed by atoms with E-state index in [1.54, 1.807) is 25.3 Å². The lowest BCUT2D eigenvalue weighted by Crippen LogP contribution is -2.46. The monoisotopic (exact) mass is 396 g/mol. The molecule has 2 aromatic rings. The van der Waals surface area contributed by atoms with Crippen LogP contribution in [0.15, 0.2) is 42.5 Å². The quantitative estimate of drug-likeness (QED) is 0.710. The van der Waals surface area contributed by atoms with Crippen molar-refractivity contribution in [1.82, 2.24) is 4.90 Å². The normalized spacial score (nSPS) is 15.5. The van der Waals surface area contributed by atoms with Gasteiger partial charge in [0.25, 0.3) is 0 Å². The predicted octanol–water partition coefficient (Wildman–Crippen LogP) is 4.25. The van der Waals surface area contributed by atoms with Crippen LogP contribution < -0.4 is 9.64 Å². The van der Waals surface area contributed by atoms with Gasteiger partial charge < -0.3 is 14.7 Å². The van der Waals surface area contributed by atoms with E-state index in [1.165, 1.54) is 17.7 Å². The van der Waals surface area contributed by atoms with E-state index in [-0.39, 0.29) is 5.82 Å². The molecule has 1 aliphatic rings. The fourth-order valence-corrected chi connectivity index (χ4v) is 3.82. The van der Waals surface area contributed by atoms with E-state index < -0.39 is 0 Å². The van der Waals surface area contributed by atoms with Gasteiger partial charge in [0, 0.05) is 38.7 Å². The van der Waals surface area contributed by atoms with Gasteiger partial charge in [0.15, 0.2) is 0 Å². The zero-order chi connectivity index (χ0) is 20.6. The summed E-state index contributed by atoms with van der Waals surface area (Å²) in [5, 5.41) is 9.55. The van der Waals surface area contributed by atoms with Gasteiger partial charge in [0.1, 0.15) is 17.3 Å². The van der Waals surface area contributed by atoms with Crippen molar-refractivity contribution < 1.29 is 14.2 Å². The number of hydrogen-bond acceptors (Lipinski definition) is 4. The second-order valence-corrected chi connectivity index (χ2v) is 7.35. The molecule has 0 bridgehead atoms. The van der Waals surface area contributed by atoms with Crippen molar-refractivity contribution in [2.24, 2.45) is 0 Å². The van der Waals surface area contributed by atoms with Crippen LogP contribution in [0.4, 0.5) is 10.1 Å². The molecule has 3 rings (SSSR count). The summed E-state index contributed by atoms with van der Waals surface area (Å²) in [4.78, 5) is 4.73. The number of nitrogens with zero attached hydrogens (tertiary/aromatic N) is 2. The summed E-state index contributed by atoms with van der Waals surface area (Å²) in [6.45, 7) is 6.58. The summed E-state index contributed by atoms with van der Waals surface area (Å²) in [5.74, 6) is 7.17. The van der Waals surface area contributed by atoms with Crippen LogP contribution in [-0.4, -0.2) is 49.8 Å². The molecule has 1 unspecified atom stereocenters. The number of phenols is 1. The Labute approximate surface area is 172 Å². The van der Waals surface area contributed by atoms with E-state index in [1.807, 2.05) is 19.1 Å². The number of anilines is 1. The maximum absolute atomic E-state index is 13.5. The Hall–Kier alpha value is -2.71. The fraction of sp³-hybridized carbons (Fsp3) is 0.417. The Balaban J connectivity index is 1.56. The van der Waals surface area contributed by atoms with Gasteiger partial charge in [0.05, 0.1) is 12.8 Å². The summed E-state index contributed by atoms with van der Waals surface area (Å²) in [6.07, 6.45) is 1.85. The second-order valence-electron chi connectivity index (χ2n) is 7.35. The third-order valence-electron chi connectivity index (χ3n) is 5.54. The van der Waals surface area contributed by atoms with Crippen LogP contribution in [0.3, 0.4) is 0 Å². The van der Waals surface area contributed by atoms with Crippen LogP contribution in [0.25, 0.3) is 0 Å². The highest BCUT2D eigenvalue weighted by Crippen LogP contribution is 2.30. The first kappa shape index (κ1) is 21.0.